The zero-order valence-electron chi connectivity index (χ0n) is 12.3. The summed E-state index contributed by atoms with van der Waals surface area (Å²) in [6.07, 6.45) is 0. The minimum absolute atomic E-state index is 0.0406. The van der Waals surface area contributed by atoms with Crippen LogP contribution in [0.15, 0.2) is 24.3 Å². The van der Waals surface area contributed by atoms with E-state index in [-0.39, 0.29) is 12.1 Å². The van der Waals surface area contributed by atoms with Crippen molar-refractivity contribution in [1.29, 1.82) is 0 Å². The third-order valence-corrected chi connectivity index (χ3v) is 4.50. The summed E-state index contributed by atoms with van der Waals surface area (Å²) >= 11 is 1.91. The first-order valence-electron chi connectivity index (χ1n) is 6.91. The van der Waals surface area contributed by atoms with Gasteiger partial charge in [0.25, 0.3) is 0 Å². The summed E-state index contributed by atoms with van der Waals surface area (Å²) in [7, 11) is 1.67. The molecular formula is C15H22N2O2S. The van der Waals surface area contributed by atoms with Crippen LogP contribution in [-0.4, -0.2) is 42.9 Å². The maximum Gasteiger partial charge on any atom is 0.317 e. The molecule has 4 nitrogen and oxygen atoms in total. The Balaban J connectivity index is 2.00. The molecule has 1 heterocycles. The lowest BCUT2D eigenvalue weighted by molar-refractivity contribution is 0.197. The number of carbonyl (C=O) groups excluding carboxylic acids is 1. The van der Waals surface area contributed by atoms with E-state index in [0.717, 1.165) is 24.6 Å². The second-order valence-electron chi connectivity index (χ2n) is 5.18. The molecule has 0 aromatic heterocycles. The van der Waals surface area contributed by atoms with Crippen molar-refractivity contribution in [3.05, 3.63) is 29.8 Å². The van der Waals surface area contributed by atoms with Gasteiger partial charge in [-0.25, -0.2) is 4.79 Å². The summed E-state index contributed by atoms with van der Waals surface area (Å²) < 4.78 is 5.18. The molecule has 1 saturated heterocycles. The van der Waals surface area contributed by atoms with Gasteiger partial charge in [0.1, 0.15) is 5.75 Å². The molecular weight excluding hydrogens is 272 g/mol. The second kappa shape index (κ2) is 6.88. The summed E-state index contributed by atoms with van der Waals surface area (Å²) in [4.78, 5) is 14.0. The molecule has 1 aromatic carbocycles. The minimum Gasteiger partial charge on any atom is -0.497 e. The van der Waals surface area contributed by atoms with Gasteiger partial charge < -0.3 is 15.0 Å². The van der Waals surface area contributed by atoms with E-state index in [9.17, 15) is 4.79 Å². The van der Waals surface area contributed by atoms with Crippen LogP contribution in [0.5, 0.6) is 5.75 Å². The maximum atomic E-state index is 12.1. The number of ether oxygens (including phenoxy) is 1. The van der Waals surface area contributed by atoms with Crippen LogP contribution in [-0.2, 0) is 0 Å². The number of hydrogen-bond donors (Lipinski definition) is 1. The number of nitrogens with zero attached hydrogens (tertiary/aromatic N) is 1. The molecule has 5 heteroatoms. The Bertz CT molecular complexity index is 448. The number of thioether (sulfide) groups is 1. The van der Waals surface area contributed by atoms with Gasteiger partial charge in [-0.15, -0.1) is 0 Å². The molecule has 2 rings (SSSR count). The first kappa shape index (κ1) is 15.0. The van der Waals surface area contributed by atoms with Crippen LogP contribution >= 0.6 is 11.8 Å². The predicted molar refractivity (Wildman–Crippen MR) is 83.4 cm³/mol. The van der Waals surface area contributed by atoms with Crippen molar-refractivity contribution in [2.24, 2.45) is 0 Å². The van der Waals surface area contributed by atoms with E-state index < -0.39 is 0 Å². The summed E-state index contributed by atoms with van der Waals surface area (Å²) in [6, 6.07) is 8.34. The van der Waals surface area contributed by atoms with Gasteiger partial charge in [0.2, 0.25) is 0 Å². The Morgan fingerprint density at radius 1 is 1.40 bits per heavy atom. The summed E-state index contributed by atoms with van der Waals surface area (Å²) in [5.74, 6) is 1.84. The third kappa shape index (κ3) is 3.82. The van der Waals surface area contributed by atoms with Crippen molar-refractivity contribution in [2.45, 2.75) is 25.1 Å². The van der Waals surface area contributed by atoms with E-state index in [1.165, 1.54) is 5.56 Å². The zero-order chi connectivity index (χ0) is 14.5. The number of amides is 2. The van der Waals surface area contributed by atoms with Gasteiger partial charge in [-0.05, 0) is 31.5 Å². The Labute approximate surface area is 124 Å². The van der Waals surface area contributed by atoms with Crippen molar-refractivity contribution in [1.82, 2.24) is 10.2 Å². The van der Waals surface area contributed by atoms with E-state index in [1.807, 2.05) is 42.6 Å². The maximum absolute atomic E-state index is 12.1. The fourth-order valence-corrected chi connectivity index (χ4v) is 3.44. The molecule has 0 saturated carbocycles. The van der Waals surface area contributed by atoms with Crippen molar-refractivity contribution in [3.8, 4) is 5.75 Å². The average Bonchev–Trinajstić information content (AvgIpc) is 2.47. The molecule has 0 radical (unpaired) electrons. The Kier molecular flexibility index (Phi) is 5.17. The molecule has 1 atom stereocenters. The van der Waals surface area contributed by atoms with E-state index in [0.29, 0.717) is 5.25 Å². The van der Waals surface area contributed by atoms with Gasteiger partial charge in [0.05, 0.1) is 7.11 Å². The van der Waals surface area contributed by atoms with Crippen molar-refractivity contribution in [3.63, 3.8) is 0 Å². The van der Waals surface area contributed by atoms with Crippen LogP contribution in [0.3, 0.4) is 0 Å². The van der Waals surface area contributed by atoms with Gasteiger partial charge in [-0.2, -0.15) is 11.8 Å². The number of benzene rings is 1. The highest BCUT2D eigenvalue weighted by Gasteiger charge is 2.25. The molecule has 1 unspecified atom stereocenters. The average molecular weight is 294 g/mol. The molecule has 1 N–H and O–H groups in total. The van der Waals surface area contributed by atoms with Crippen LogP contribution in [0.4, 0.5) is 4.79 Å². The van der Waals surface area contributed by atoms with Crippen LogP contribution in [0.2, 0.25) is 0 Å². The fourth-order valence-electron chi connectivity index (χ4n) is 2.19. The van der Waals surface area contributed by atoms with Crippen LogP contribution < -0.4 is 10.1 Å². The van der Waals surface area contributed by atoms with Crippen molar-refractivity contribution in [2.75, 3.05) is 26.0 Å². The van der Waals surface area contributed by atoms with E-state index >= 15 is 0 Å². The number of urea groups is 1. The lowest BCUT2D eigenvalue weighted by Gasteiger charge is -2.33. The predicted octanol–water partition coefficient (Wildman–Crippen LogP) is 2.90. The highest BCUT2D eigenvalue weighted by atomic mass is 32.2. The van der Waals surface area contributed by atoms with Crippen molar-refractivity contribution < 1.29 is 9.53 Å². The molecule has 0 bridgehead atoms. The Hall–Kier alpha value is -1.36. The highest BCUT2D eigenvalue weighted by Crippen LogP contribution is 2.33. The zero-order valence-corrected chi connectivity index (χ0v) is 13.1. The topological polar surface area (TPSA) is 41.6 Å². The second-order valence-corrected chi connectivity index (χ2v) is 6.49. The smallest absolute Gasteiger partial charge is 0.317 e. The number of methoxy groups -OCH3 is 1. The van der Waals surface area contributed by atoms with Crippen LogP contribution in [0.1, 0.15) is 24.7 Å². The Morgan fingerprint density at radius 3 is 2.70 bits per heavy atom. The Morgan fingerprint density at radius 2 is 2.10 bits per heavy atom. The van der Waals surface area contributed by atoms with E-state index in [1.54, 1.807) is 7.11 Å². The normalized spacial score (nSPS) is 19.0. The third-order valence-electron chi connectivity index (χ3n) is 3.25. The number of hydrogen-bond acceptors (Lipinski definition) is 3. The number of carbonyl (C=O) groups is 1. The molecule has 0 aliphatic carbocycles. The van der Waals surface area contributed by atoms with Gasteiger partial charge in [0, 0.05) is 30.1 Å². The standard InChI is InChI=1S/C15H22N2O2S/c1-11(2)16-15(18)17-8-9-20-14(10-17)12-4-6-13(19-3)7-5-12/h4-7,11,14H,8-10H2,1-3H3,(H,16,18). The van der Waals surface area contributed by atoms with E-state index in [2.05, 4.69) is 17.4 Å². The summed E-state index contributed by atoms with van der Waals surface area (Å²) in [6.45, 7) is 5.54. The van der Waals surface area contributed by atoms with Crippen LogP contribution in [0.25, 0.3) is 0 Å². The largest absolute Gasteiger partial charge is 0.497 e. The van der Waals surface area contributed by atoms with Gasteiger partial charge in [0.15, 0.2) is 0 Å². The SMILES string of the molecule is COc1ccc(C2CN(C(=O)NC(C)C)CCS2)cc1. The lowest BCUT2D eigenvalue weighted by atomic mass is 10.1. The first-order chi connectivity index (χ1) is 9.60. The molecule has 1 aliphatic rings. The minimum atomic E-state index is 0.0406. The molecule has 20 heavy (non-hydrogen) atoms. The highest BCUT2D eigenvalue weighted by molar-refractivity contribution is 7.99. The summed E-state index contributed by atoms with van der Waals surface area (Å²) in [5.41, 5.74) is 1.25. The van der Waals surface area contributed by atoms with Gasteiger partial charge in [-0.1, -0.05) is 12.1 Å². The molecule has 0 spiro atoms. The van der Waals surface area contributed by atoms with E-state index in [4.69, 9.17) is 4.74 Å². The fraction of sp³-hybridized carbons (Fsp3) is 0.533. The molecule has 1 aromatic rings. The molecule has 110 valence electrons. The number of nitrogens with one attached hydrogen (secondary N) is 1. The van der Waals surface area contributed by atoms with Crippen molar-refractivity contribution >= 4 is 17.8 Å². The monoisotopic (exact) mass is 294 g/mol. The van der Waals surface area contributed by atoms with Gasteiger partial charge in [-0.3, -0.25) is 0 Å². The molecule has 1 fully saturated rings. The first-order valence-corrected chi connectivity index (χ1v) is 7.96. The van der Waals surface area contributed by atoms with Gasteiger partial charge >= 0.3 is 6.03 Å². The quantitative estimate of drug-likeness (QED) is 0.932. The lowest BCUT2D eigenvalue weighted by Crippen LogP contribution is -2.47. The summed E-state index contributed by atoms with van der Waals surface area (Å²) in [5, 5.41) is 3.30. The van der Waals surface area contributed by atoms with Crippen LogP contribution in [0, 0.1) is 0 Å². The molecule has 2 amide bonds. The molecule has 1 aliphatic heterocycles. The number of rotatable bonds is 3.